The molecule has 1 heterocycles. The molecule has 0 bridgehead atoms. The second kappa shape index (κ2) is 7.77. The molecule has 0 saturated heterocycles. The molecular formula is C16H20ClNOS. The van der Waals surface area contributed by atoms with Crippen molar-refractivity contribution >= 4 is 22.9 Å². The largest absolute Gasteiger partial charge is 0.377 e. The van der Waals surface area contributed by atoms with E-state index in [2.05, 4.69) is 31.0 Å². The predicted molar refractivity (Wildman–Crippen MR) is 86.2 cm³/mol. The quantitative estimate of drug-likeness (QED) is 0.523. The molecule has 2 nitrogen and oxygen atoms in total. The number of hydrogen-bond donors (Lipinski definition) is 0. The van der Waals surface area contributed by atoms with Crippen molar-refractivity contribution in [1.82, 2.24) is 4.98 Å². The highest BCUT2D eigenvalue weighted by Gasteiger charge is 2.09. The van der Waals surface area contributed by atoms with Gasteiger partial charge in [-0.3, -0.25) is 0 Å². The third-order valence-corrected chi connectivity index (χ3v) is 4.23. The molecule has 0 unspecified atom stereocenters. The molecule has 2 rings (SSSR count). The van der Waals surface area contributed by atoms with Crippen LogP contribution in [0, 0.1) is 5.92 Å². The number of benzene rings is 1. The molecule has 0 N–H and O–H groups in total. The van der Waals surface area contributed by atoms with Gasteiger partial charge in [0.2, 0.25) is 0 Å². The average Bonchev–Trinajstić information content (AvgIpc) is 2.92. The average molecular weight is 310 g/mol. The summed E-state index contributed by atoms with van der Waals surface area (Å²) in [5.41, 5.74) is 3.27. The van der Waals surface area contributed by atoms with Crippen LogP contribution in [0.15, 0.2) is 29.6 Å². The summed E-state index contributed by atoms with van der Waals surface area (Å²) in [6.07, 6.45) is 1.09. The summed E-state index contributed by atoms with van der Waals surface area (Å²) in [5.74, 6) is 1.14. The lowest BCUT2D eigenvalue weighted by Crippen LogP contribution is -2.00. The van der Waals surface area contributed by atoms with E-state index in [1.54, 1.807) is 11.3 Å². The van der Waals surface area contributed by atoms with Gasteiger partial charge in [-0.1, -0.05) is 38.1 Å². The van der Waals surface area contributed by atoms with Crippen molar-refractivity contribution in [2.45, 2.75) is 32.8 Å². The SMILES string of the molecule is CC(C)CCOCc1ccccc1-c1nc(CCl)cs1. The van der Waals surface area contributed by atoms with Gasteiger partial charge in [0.1, 0.15) is 5.01 Å². The Kier molecular flexibility index (Phi) is 6.02. The molecule has 4 heteroatoms. The monoisotopic (exact) mass is 309 g/mol. The van der Waals surface area contributed by atoms with Crippen LogP contribution < -0.4 is 0 Å². The van der Waals surface area contributed by atoms with Gasteiger partial charge in [0.05, 0.1) is 18.2 Å². The number of halogens is 1. The fourth-order valence-electron chi connectivity index (χ4n) is 1.85. The van der Waals surface area contributed by atoms with Gasteiger partial charge >= 0.3 is 0 Å². The smallest absolute Gasteiger partial charge is 0.124 e. The molecular weight excluding hydrogens is 290 g/mol. The van der Waals surface area contributed by atoms with E-state index in [0.717, 1.165) is 29.3 Å². The highest BCUT2D eigenvalue weighted by molar-refractivity contribution is 7.13. The third-order valence-electron chi connectivity index (χ3n) is 3.03. The summed E-state index contributed by atoms with van der Waals surface area (Å²) in [6, 6.07) is 8.28. The van der Waals surface area contributed by atoms with Crippen molar-refractivity contribution in [2.24, 2.45) is 5.92 Å². The van der Waals surface area contributed by atoms with Crippen LogP contribution in [0.25, 0.3) is 10.6 Å². The maximum absolute atomic E-state index is 5.82. The summed E-state index contributed by atoms with van der Waals surface area (Å²) >= 11 is 7.45. The van der Waals surface area contributed by atoms with Crippen LogP contribution in [-0.2, 0) is 17.2 Å². The second-order valence-electron chi connectivity index (χ2n) is 5.17. The van der Waals surface area contributed by atoms with Crippen LogP contribution in [0.2, 0.25) is 0 Å². The van der Waals surface area contributed by atoms with Gasteiger partial charge in [0, 0.05) is 17.6 Å². The molecule has 0 radical (unpaired) electrons. The Balaban J connectivity index is 2.06. The van der Waals surface area contributed by atoms with Gasteiger partial charge in [0.15, 0.2) is 0 Å². The van der Waals surface area contributed by atoms with E-state index in [-0.39, 0.29) is 0 Å². The molecule has 0 aliphatic rings. The van der Waals surface area contributed by atoms with E-state index < -0.39 is 0 Å². The third kappa shape index (κ3) is 4.30. The van der Waals surface area contributed by atoms with E-state index in [0.29, 0.717) is 18.4 Å². The molecule has 1 aromatic carbocycles. The maximum Gasteiger partial charge on any atom is 0.124 e. The molecule has 0 atom stereocenters. The van der Waals surface area contributed by atoms with E-state index in [1.165, 1.54) is 5.56 Å². The van der Waals surface area contributed by atoms with Crippen molar-refractivity contribution in [2.75, 3.05) is 6.61 Å². The van der Waals surface area contributed by atoms with Gasteiger partial charge in [-0.05, 0) is 17.9 Å². The van der Waals surface area contributed by atoms with E-state index in [9.17, 15) is 0 Å². The van der Waals surface area contributed by atoms with Gasteiger partial charge in [-0.2, -0.15) is 0 Å². The predicted octanol–water partition coefficient (Wildman–Crippen LogP) is 5.11. The Morgan fingerprint density at radius 2 is 2.10 bits per heavy atom. The number of nitrogens with zero attached hydrogens (tertiary/aromatic N) is 1. The Labute approximate surface area is 129 Å². The summed E-state index contributed by atoms with van der Waals surface area (Å²) in [7, 11) is 0. The highest BCUT2D eigenvalue weighted by atomic mass is 35.5. The molecule has 108 valence electrons. The van der Waals surface area contributed by atoms with Crippen LogP contribution in [-0.4, -0.2) is 11.6 Å². The Morgan fingerprint density at radius 1 is 1.30 bits per heavy atom. The number of ether oxygens (including phenoxy) is 1. The van der Waals surface area contributed by atoms with Crippen LogP contribution in [0.5, 0.6) is 0 Å². The van der Waals surface area contributed by atoms with Crippen molar-refractivity contribution in [1.29, 1.82) is 0 Å². The molecule has 2 aromatic rings. The lowest BCUT2D eigenvalue weighted by Gasteiger charge is -2.09. The van der Waals surface area contributed by atoms with Crippen molar-refractivity contribution in [3.63, 3.8) is 0 Å². The summed E-state index contributed by atoms with van der Waals surface area (Å²) in [5, 5.41) is 3.03. The summed E-state index contributed by atoms with van der Waals surface area (Å²) in [4.78, 5) is 4.55. The fourth-order valence-corrected chi connectivity index (χ4v) is 2.96. The molecule has 0 spiro atoms. The van der Waals surface area contributed by atoms with Crippen molar-refractivity contribution in [3.05, 3.63) is 40.9 Å². The van der Waals surface area contributed by atoms with Crippen LogP contribution in [0.3, 0.4) is 0 Å². The van der Waals surface area contributed by atoms with Crippen molar-refractivity contribution < 1.29 is 4.74 Å². The maximum atomic E-state index is 5.82. The summed E-state index contributed by atoms with van der Waals surface area (Å²) in [6.45, 7) is 5.86. The molecule has 0 amide bonds. The topological polar surface area (TPSA) is 22.1 Å². The van der Waals surface area contributed by atoms with Crippen molar-refractivity contribution in [3.8, 4) is 10.6 Å². The normalized spacial score (nSPS) is 11.2. The number of hydrogen-bond acceptors (Lipinski definition) is 3. The highest BCUT2D eigenvalue weighted by Crippen LogP contribution is 2.28. The molecule has 0 aliphatic carbocycles. The van der Waals surface area contributed by atoms with E-state index in [4.69, 9.17) is 16.3 Å². The zero-order valence-corrected chi connectivity index (χ0v) is 13.5. The molecule has 0 fully saturated rings. The van der Waals surface area contributed by atoms with Crippen LogP contribution in [0.4, 0.5) is 0 Å². The van der Waals surface area contributed by atoms with Gasteiger partial charge in [-0.15, -0.1) is 22.9 Å². The van der Waals surface area contributed by atoms with E-state index >= 15 is 0 Å². The molecule has 0 aliphatic heterocycles. The fraction of sp³-hybridized carbons (Fsp3) is 0.438. The first-order valence-electron chi connectivity index (χ1n) is 6.87. The minimum atomic E-state index is 0.462. The first kappa shape index (κ1) is 15.5. The lowest BCUT2D eigenvalue weighted by atomic mass is 10.1. The lowest BCUT2D eigenvalue weighted by molar-refractivity contribution is 0.111. The van der Waals surface area contributed by atoms with Crippen LogP contribution in [0.1, 0.15) is 31.5 Å². The summed E-state index contributed by atoms with van der Waals surface area (Å²) < 4.78 is 5.78. The number of alkyl halides is 1. The van der Waals surface area contributed by atoms with Gasteiger partial charge in [0.25, 0.3) is 0 Å². The number of rotatable bonds is 7. The van der Waals surface area contributed by atoms with Gasteiger partial charge in [-0.25, -0.2) is 4.98 Å². The number of thiazole rings is 1. The zero-order chi connectivity index (χ0) is 14.4. The Bertz CT molecular complexity index is 539. The standard InChI is InChI=1S/C16H20ClNOS/c1-12(2)7-8-19-10-13-5-3-4-6-15(13)16-18-14(9-17)11-20-16/h3-6,11-12H,7-10H2,1-2H3. The first-order valence-corrected chi connectivity index (χ1v) is 8.28. The minimum Gasteiger partial charge on any atom is -0.377 e. The minimum absolute atomic E-state index is 0.462. The van der Waals surface area contributed by atoms with Crippen LogP contribution >= 0.6 is 22.9 Å². The van der Waals surface area contributed by atoms with E-state index in [1.807, 2.05) is 17.5 Å². The molecule has 20 heavy (non-hydrogen) atoms. The van der Waals surface area contributed by atoms with Gasteiger partial charge < -0.3 is 4.74 Å². The molecule has 1 aromatic heterocycles. The Hall–Kier alpha value is -0.900. The Morgan fingerprint density at radius 3 is 2.80 bits per heavy atom. The zero-order valence-electron chi connectivity index (χ0n) is 11.9. The second-order valence-corrected chi connectivity index (χ2v) is 6.30. The molecule has 0 saturated carbocycles. The first-order chi connectivity index (χ1) is 9.70. The number of aromatic nitrogens is 1.